The molecule has 0 bridgehead atoms. The normalized spacial score (nSPS) is 11.4. The van der Waals surface area contributed by atoms with E-state index in [0.29, 0.717) is 0 Å². The zero-order chi connectivity index (χ0) is 16.8. The molecule has 0 unspecified atom stereocenters. The molecular formula is C22H13ClN2. The van der Waals surface area contributed by atoms with Gasteiger partial charge in [0.2, 0.25) is 5.28 Å². The number of hydrogen-bond donors (Lipinski definition) is 0. The Kier molecular flexibility index (Phi) is 3.19. The van der Waals surface area contributed by atoms with Crippen LogP contribution in [0.15, 0.2) is 78.9 Å². The Hall–Kier alpha value is -2.97. The molecule has 5 rings (SSSR count). The number of halogens is 1. The van der Waals surface area contributed by atoms with Gasteiger partial charge in [0.25, 0.3) is 0 Å². The van der Waals surface area contributed by atoms with Crippen LogP contribution in [0.3, 0.4) is 0 Å². The van der Waals surface area contributed by atoms with Gasteiger partial charge in [0, 0.05) is 10.9 Å². The topological polar surface area (TPSA) is 25.8 Å². The molecule has 0 saturated carbocycles. The summed E-state index contributed by atoms with van der Waals surface area (Å²) < 4.78 is 0. The second-order valence-corrected chi connectivity index (χ2v) is 6.39. The fraction of sp³-hybridized carbons (Fsp3) is 0. The summed E-state index contributed by atoms with van der Waals surface area (Å²) in [6.07, 6.45) is 0. The van der Waals surface area contributed by atoms with Crippen molar-refractivity contribution in [2.24, 2.45) is 0 Å². The minimum Gasteiger partial charge on any atom is -0.218 e. The van der Waals surface area contributed by atoms with Crippen molar-refractivity contribution in [1.82, 2.24) is 9.97 Å². The Morgan fingerprint density at radius 3 is 2.08 bits per heavy atom. The summed E-state index contributed by atoms with van der Waals surface area (Å²) >= 11 is 6.22. The first kappa shape index (κ1) is 14.4. The third-order valence-electron chi connectivity index (χ3n) is 4.60. The Bertz CT molecular complexity index is 1260. The van der Waals surface area contributed by atoms with Gasteiger partial charge in [-0.1, -0.05) is 66.7 Å². The summed E-state index contributed by atoms with van der Waals surface area (Å²) in [6.45, 7) is 0. The minimum absolute atomic E-state index is 0.269. The van der Waals surface area contributed by atoms with Gasteiger partial charge in [-0.05, 0) is 45.3 Å². The first-order chi connectivity index (χ1) is 12.3. The van der Waals surface area contributed by atoms with E-state index in [2.05, 4.69) is 64.6 Å². The molecule has 5 aromatic rings. The molecule has 1 heterocycles. The molecule has 0 spiro atoms. The van der Waals surface area contributed by atoms with Crippen LogP contribution in [0.25, 0.3) is 43.7 Å². The zero-order valence-corrected chi connectivity index (χ0v) is 14.0. The molecule has 0 aliphatic carbocycles. The second-order valence-electron chi connectivity index (χ2n) is 6.05. The number of benzene rings is 4. The number of fused-ring (bicyclic) bond motifs is 4. The van der Waals surface area contributed by atoms with E-state index in [1.165, 1.54) is 21.5 Å². The highest BCUT2D eigenvalue weighted by Gasteiger charge is 2.13. The molecule has 118 valence electrons. The standard InChI is InChI=1S/C22H13ClN2/c23-22-24-20-12-6-5-11-18(20)21(25-22)19-13-14-7-1-2-8-15(14)16-9-3-4-10-17(16)19/h1-13H. The average Bonchev–Trinajstić information content (AvgIpc) is 2.66. The molecule has 3 heteroatoms. The van der Waals surface area contributed by atoms with E-state index >= 15 is 0 Å². The summed E-state index contributed by atoms with van der Waals surface area (Å²) in [5.41, 5.74) is 2.81. The van der Waals surface area contributed by atoms with Crippen LogP contribution in [0.5, 0.6) is 0 Å². The number of aromatic nitrogens is 2. The van der Waals surface area contributed by atoms with Crippen LogP contribution < -0.4 is 0 Å². The van der Waals surface area contributed by atoms with Crippen molar-refractivity contribution in [3.05, 3.63) is 84.1 Å². The van der Waals surface area contributed by atoms with Crippen molar-refractivity contribution in [2.75, 3.05) is 0 Å². The summed E-state index contributed by atoms with van der Waals surface area (Å²) in [6, 6.07) is 27.0. The SMILES string of the molecule is Clc1nc(-c2cc3ccccc3c3ccccc23)c2ccccc2n1. The lowest BCUT2D eigenvalue weighted by Crippen LogP contribution is -1.92. The fourth-order valence-corrected chi connectivity index (χ4v) is 3.68. The molecule has 0 N–H and O–H groups in total. The van der Waals surface area contributed by atoms with Gasteiger partial charge in [-0.3, -0.25) is 0 Å². The zero-order valence-electron chi connectivity index (χ0n) is 13.3. The van der Waals surface area contributed by atoms with Crippen molar-refractivity contribution < 1.29 is 0 Å². The maximum Gasteiger partial charge on any atom is 0.223 e. The van der Waals surface area contributed by atoms with E-state index in [4.69, 9.17) is 11.6 Å². The van der Waals surface area contributed by atoms with Crippen LogP contribution >= 0.6 is 11.6 Å². The Balaban J connectivity index is 1.99. The molecule has 0 amide bonds. The predicted octanol–water partition coefficient (Wildman–Crippen LogP) is 6.26. The van der Waals surface area contributed by atoms with Crippen molar-refractivity contribution >= 4 is 44.0 Å². The lowest BCUT2D eigenvalue weighted by atomic mass is 9.94. The summed E-state index contributed by atoms with van der Waals surface area (Å²) in [5.74, 6) is 0. The third-order valence-corrected chi connectivity index (χ3v) is 4.77. The van der Waals surface area contributed by atoms with E-state index in [-0.39, 0.29) is 5.28 Å². The molecule has 25 heavy (non-hydrogen) atoms. The van der Waals surface area contributed by atoms with E-state index in [1.807, 2.05) is 24.3 Å². The van der Waals surface area contributed by atoms with Gasteiger partial charge < -0.3 is 0 Å². The van der Waals surface area contributed by atoms with Crippen LogP contribution in [-0.4, -0.2) is 9.97 Å². The Morgan fingerprint density at radius 2 is 1.24 bits per heavy atom. The van der Waals surface area contributed by atoms with Crippen LogP contribution in [0.1, 0.15) is 0 Å². The van der Waals surface area contributed by atoms with Crippen molar-refractivity contribution in [3.8, 4) is 11.3 Å². The Morgan fingerprint density at radius 1 is 0.600 bits per heavy atom. The van der Waals surface area contributed by atoms with Crippen LogP contribution in [0, 0.1) is 0 Å². The molecule has 0 radical (unpaired) electrons. The van der Waals surface area contributed by atoms with Crippen molar-refractivity contribution in [2.45, 2.75) is 0 Å². The molecule has 0 atom stereocenters. The minimum atomic E-state index is 0.269. The third kappa shape index (κ3) is 2.26. The maximum atomic E-state index is 6.22. The number of hydrogen-bond acceptors (Lipinski definition) is 2. The van der Waals surface area contributed by atoms with E-state index in [9.17, 15) is 0 Å². The molecule has 0 fully saturated rings. The van der Waals surface area contributed by atoms with Gasteiger partial charge in [-0.2, -0.15) is 0 Å². The first-order valence-electron chi connectivity index (χ1n) is 8.14. The van der Waals surface area contributed by atoms with E-state index in [0.717, 1.165) is 22.2 Å². The van der Waals surface area contributed by atoms with Gasteiger partial charge in [0.1, 0.15) is 0 Å². The summed E-state index contributed by atoms with van der Waals surface area (Å²) in [4.78, 5) is 8.94. The molecule has 2 nitrogen and oxygen atoms in total. The number of nitrogens with zero attached hydrogens (tertiary/aromatic N) is 2. The monoisotopic (exact) mass is 340 g/mol. The lowest BCUT2D eigenvalue weighted by molar-refractivity contribution is 1.23. The highest BCUT2D eigenvalue weighted by atomic mass is 35.5. The maximum absolute atomic E-state index is 6.22. The van der Waals surface area contributed by atoms with Gasteiger partial charge in [0.05, 0.1) is 11.2 Å². The lowest BCUT2D eigenvalue weighted by Gasteiger charge is -2.12. The summed E-state index contributed by atoms with van der Waals surface area (Å²) in [5, 5.41) is 6.09. The molecule has 0 aliphatic rings. The predicted molar refractivity (Wildman–Crippen MR) is 105 cm³/mol. The second kappa shape index (κ2) is 5.54. The first-order valence-corrected chi connectivity index (χ1v) is 8.52. The smallest absolute Gasteiger partial charge is 0.218 e. The Labute approximate surface area is 149 Å². The van der Waals surface area contributed by atoms with Crippen LogP contribution in [0.2, 0.25) is 5.28 Å². The molecular weight excluding hydrogens is 328 g/mol. The number of rotatable bonds is 1. The highest BCUT2D eigenvalue weighted by molar-refractivity contribution is 6.29. The molecule has 0 saturated heterocycles. The van der Waals surface area contributed by atoms with Crippen LogP contribution in [0.4, 0.5) is 0 Å². The molecule has 4 aromatic carbocycles. The van der Waals surface area contributed by atoms with E-state index < -0.39 is 0 Å². The van der Waals surface area contributed by atoms with Gasteiger partial charge in [-0.25, -0.2) is 9.97 Å². The van der Waals surface area contributed by atoms with Crippen molar-refractivity contribution in [3.63, 3.8) is 0 Å². The van der Waals surface area contributed by atoms with Gasteiger partial charge in [-0.15, -0.1) is 0 Å². The largest absolute Gasteiger partial charge is 0.223 e. The van der Waals surface area contributed by atoms with Gasteiger partial charge in [0.15, 0.2) is 0 Å². The average molecular weight is 341 g/mol. The fourth-order valence-electron chi connectivity index (χ4n) is 3.50. The quantitative estimate of drug-likeness (QED) is 0.266. The molecule has 1 aromatic heterocycles. The highest BCUT2D eigenvalue weighted by Crippen LogP contribution is 2.36. The van der Waals surface area contributed by atoms with E-state index in [1.54, 1.807) is 0 Å². The molecule has 0 aliphatic heterocycles. The summed E-state index contributed by atoms with van der Waals surface area (Å²) in [7, 11) is 0. The number of para-hydroxylation sites is 1. The van der Waals surface area contributed by atoms with Gasteiger partial charge >= 0.3 is 0 Å². The van der Waals surface area contributed by atoms with Crippen molar-refractivity contribution in [1.29, 1.82) is 0 Å². The van der Waals surface area contributed by atoms with Crippen LogP contribution in [-0.2, 0) is 0 Å².